The first kappa shape index (κ1) is 21.2. The first-order valence-electron chi connectivity index (χ1n) is 7.85. The highest BCUT2D eigenvalue weighted by molar-refractivity contribution is 9.10. The Morgan fingerprint density at radius 1 is 1.33 bits per heavy atom. The maximum absolute atomic E-state index is 13.9. The summed E-state index contributed by atoms with van der Waals surface area (Å²) >= 11 is 2.99. The summed E-state index contributed by atoms with van der Waals surface area (Å²) in [5.74, 6) is -1.99. The molecule has 1 unspecified atom stereocenters. The number of halogens is 3. The Morgan fingerprint density at radius 3 is 2.42 bits per heavy atom. The minimum absolute atomic E-state index is 0.000376. The van der Waals surface area contributed by atoms with Crippen molar-refractivity contribution in [2.24, 2.45) is 0 Å². The predicted molar refractivity (Wildman–Crippen MR) is 99.9 cm³/mol. The van der Waals surface area contributed by atoms with Gasteiger partial charge < -0.3 is 4.43 Å². The van der Waals surface area contributed by atoms with E-state index >= 15 is 0 Å². The smallest absolute Gasteiger partial charge is 0.192 e. The second-order valence-corrected chi connectivity index (χ2v) is 13.0. The molecule has 1 aromatic rings. The van der Waals surface area contributed by atoms with Crippen molar-refractivity contribution in [3.8, 4) is 0 Å². The van der Waals surface area contributed by atoms with Crippen LogP contribution in [0.15, 0.2) is 29.3 Å². The van der Waals surface area contributed by atoms with Crippen LogP contribution in [0.25, 0.3) is 0 Å². The number of carbonyl (C=O) groups is 1. The number of carbonyl (C=O) groups excluding carboxylic acids is 1. The van der Waals surface area contributed by atoms with Crippen LogP contribution in [0.2, 0.25) is 18.1 Å². The minimum atomic E-state index is -2.07. The van der Waals surface area contributed by atoms with E-state index in [1.807, 2.05) is 0 Å². The number of rotatable bonds is 7. The maximum Gasteiger partial charge on any atom is 0.192 e. The molecule has 24 heavy (non-hydrogen) atoms. The molecular formula is C18H25BrF2O2Si. The molecule has 0 saturated carbocycles. The van der Waals surface area contributed by atoms with E-state index in [0.29, 0.717) is 12.5 Å². The van der Waals surface area contributed by atoms with Crippen molar-refractivity contribution >= 4 is 30.0 Å². The lowest BCUT2D eigenvalue weighted by molar-refractivity contribution is 0.0891. The Kier molecular flexibility index (Phi) is 7.08. The zero-order valence-electron chi connectivity index (χ0n) is 14.9. The molecule has 0 aliphatic carbocycles. The van der Waals surface area contributed by atoms with E-state index < -0.39 is 25.7 Å². The van der Waals surface area contributed by atoms with Crippen molar-refractivity contribution in [3.63, 3.8) is 0 Å². The Hall–Kier alpha value is -0.853. The largest absolute Gasteiger partial charge is 0.413 e. The van der Waals surface area contributed by atoms with Gasteiger partial charge in [0.15, 0.2) is 14.1 Å². The lowest BCUT2D eigenvalue weighted by Gasteiger charge is -2.39. The Bertz CT molecular complexity index is 624. The highest BCUT2D eigenvalue weighted by Gasteiger charge is 2.39. The highest BCUT2D eigenvalue weighted by atomic mass is 79.9. The molecule has 0 aromatic heterocycles. The van der Waals surface area contributed by atoms with E-state index in [-0.39, 0.29) is 27.6 Å². The van der Waals surface area contributed by atoms with Gasteiger partial charge in [-0.15, -0.1) is 6.58 Å². The van der Waals surface area contributed by atoms with Gasteiger partial charge in [-0.25, -0.2) is 8.78 Å². The van der Waals surface area contributed by atoms with Crippen LogP contribution >= 0.6 is 15.9 Å². The van der Waals surface area contributed by atoms with Crippen LogP contribution < -0.4 is 0 Å². The Balaban J connectivity index is 2.99. The highest BCUT2D eigenvalue weighted by Crippen LogP contribution is 2.38. The zero-order valence-corrected chi connectivity index (χ0v) is 17.5. The molecule has 0 aliphatic heterocycles. The molecule has 0 spiro atoms. The van der Waals surface area contributed by atoms with Crippen molar-refractivity contribution in [2.75, 3.05) is 0 Å². The first-order valence-corrected chi connectivity index (χ1v) is 11.6. The quantitative estimate of drug-likeness (QED) is 0.225. The molecule has 134 valence electrons. The molecule has 0 saturated heterocycles. The summed E-state index contributed by atoms with van der Waals surface area (Å²) in [7, 11) is -2.07. The minimum Gasteiger partial charge on any atom is -0.413 e. The number of ketones is 1. The number of Topliss-reactive ketones (excluding diaryl/α,β-unsaturated/α-hetero) is 1. The molecule has 0 radical (unpaired) electrons. The van der Waals surface area contributed by atoms with E-state index in [4.69, 9.17) is 4.43 Å². The van der Waals surface area contributed by atoms with Crippen molar-refractivity contribution in [1.29, 1.82) is 0 Å². The van der Waals surface area contributed by atoms with E-state index in [0.717, 1.165) is 0 Å². The third-order valence-electron chi connectivity index (χ3n) is 4.42. The summed E-state index contributed by atoms with van der Waals surface area (Å²) < 4.78 is 33.6. The van der Waals surface area contributed by atoms with Crippen LogP contribution in [-0.2, 0) is 4.43 Å². The van der Waals surface area contributed by atoms with Gasteiger partial charge in [0.2, 0.25) is 0 Å². The third kappa shape index (κ3) is 5.33. The zero-order chi connectivity index (χ0) is 18.7. The lowest BCUT2D eigenvalue weighted by Crippen LogP contribution is -2.44. The van der Waals surface area contributed by atoms with Crippen LogP contribution in [0.4, 0.5) is 8.78 Å². The summed E-state index contributed by atoms with van der Waals surface area (Å²) in [6, 6.07) is 1.90. The average molecular weight is 419 g/mol. The molecule has 0 aliphatic rings. The van der Waals surface area contributed by atoms with Crippen LogP contribution in [0.1, 0.15) is 44.0 Å². The monoisotopic (exact) mass is 418 g/mol. The Morgan fingerprint density at radius 2 is 1.92 bits per heavy atom. The molecule has 2 nitrogen and oxygen atoms in total. The molecule has 0 heterocycles. The van der Waals surface area contributed by atoms with E-state index in [9.17, 15) is 13.6 Å². The summed E-state index contributed by atoms with van der Waals surface area (Å²) in [6.45, 7) is 14.3. The topological polar surface area (TPSA) is 26.3 Å². The van der Waals surface area contributed by atoms with E-state index in [2.05, 4.69) is 56.4 Å². The van der Waals surface area contributed by atoms with Gasteiger partial charge in [-0.2, -0.15) is 0 Å². The second kappa shape index (κ2) is 8.02. The van der Waals surface area contributed by atoms with Crippen molar-refractivity contribution in [2.45, 2.75) is 57.8 Å². The average Bonchev–Trinajstić information content (AvgIpc) is 2.41. The fourth-order valence-corrected chi connectivity index (χ4v) is 3.72. The van der Waals surface area contributed by atoms with Crippen LogP contribution in [0.3, 0.4) is 0 Å². The molecule has 1 rings (SSSR count). The number of hydrogen-bond acceptors (Lipinski definition) is 2. The van der Waals surface area contributed by atoms with Gasteiger partial charge >= 0.3 is 0 Å². The molecule has 0 bridgehead atoms. The normalized spacial score (nSPS) is 13.7. The standard InChI is InChI=1S/C18H25BrF2O2Si/c1-7-8-12(23-24(5,6)18(2,3)4)9-17(22)13-10-14(19)16(21)11-15(13)20/h7,10-12H,1,8-9H2,2-6H3. The van der Waals surface area contributed by atoms with Gasteiger partial charge in [-0.1, -0.05) is 26.8 Å². The van der Waals surface area contributed by atoms with Gasteiger partial charge in [0, 0.05) is 12.5 Å². The maximum atomic E-state index is 13.9. The van der Waals surface area contributed by atoms with Crippen molar-refractivity contribution < 1.29 is 18.0 Å². The summed E-state index contributed by atoms with van der Waals surface area (Å²) in [4.78, 5) is 12.5. The van der Waals surface area contributed by atoms with Crippen molar-refractivity contribution in [3.05, 3.63) is 46.5 Å². The fraction of sp³-hybridized carbons (Fsp3) is 0.500. The summed E-state index contributed by atoms with van der Waals surface area (Å²) in [5, 5.41) is -0.000376. The molecular weight excluding hydrogens is 394 g/mol. The molecule has 1 aromatic carbocycles. The molecule has 0 amide bonds. The molecule has 0 fully saturated rings. The van der Waals surface area contributed by atoms with Crippen LogP contribution in [0, 0.1) is 11.6 Å². The van der Waals surface area contributed by atoms with E-state index in [1.165, 1.54) is 6.07 Å². The van der Waals surface area contributed by atoms with Crippen molar-refractivity contribution in [1.82, 2.24) is 0 Å². The van der Waals surface area contributed by atoms with Gasteiger partial charge in [-0.05, 0) is 46.5 Å². The Labute approximate surface area is 152 Å². The van der Waals surface area contributed by atoms with Gasteiger partial charge in [0.25, 0.3) is 0 Å². The SMILES string of the molecule is C=CCC(CC(=O)c1cc(Br)c(F)cc1F)O[Si](C)(C)C(C)(C)C. The summed E-state index contributed by atoms with van der Waals surface area (Å²) in [6.07, 6.45) is 1.87. The van der Waals surface area contributed by atoms with Gasteiger partial charge in [0.1, 0.15) is 11.6 Å². The third-order valence-corrected chi connectivity index (χ3v) is 9.56. The molecule has 6 heteroatoms. The molecule has 1 atom stereocenters. The predicted octanol–water partition coefficient (Wildman–Crippen LogP) is 6.27. The van der Waals surface area contributed by atoms with Crippen LogP contribution in [0.5, 0.6) is 0 Å². The second-order valence-electron chi connectivity index (χ2n) is 7.40. The summed E-state index contributed by atoms with van der Waals surface area (Å²) in [5.41, 5.74) is -0.129. The first-order chi connectivity index (χ1) is 10.9. The number of benzene rings is 1. The van der Waals surface area contributed by atoms with Gasteiger partial charge in [0.05, 0.1) is 16.1 Å². The van der Waals surface area contributed by atoms with E-state index in [1.54, 1.807) is 6.08 Å². The molecule has 0 N–H and O–H groups in total. The van der Waals surface area contributed by atoms with Crippen LogP contribution in [-0.4, -0.2) is 20.2 Å². The van der Waals surface area contributed by atoms with Gasteiger partial charge in [-0.3, -0.25) is 4.79 Å². The lowest BCUT2D eigenvalue weighted by atomic mass is 10.0. The number of hydrogen-bond donors (Lipinski definition) is 0. The fourth-order valence-electron chi connectivity index (χ4n) is 2.01.